The molecule has 1 radical (unpaired) electrons. The van der Waals surface area contributed by atoms with Crippen molar-refractivity contribution in [2.75, 3.05) is 0 Å². The normalized spacial score (nSPS) is 1.50. The van der Waals surface area contributed by atoms with E-state index in [0.717, 1.165) is 0 Å². The molecule has 27 valence electrons. The Kier molecular flexibility index (Phi) is 481. The standard InChI is InChI=1S/C2H6.CH3.Al.3H/c1-2;;;;;/h1-2H3;1H3;;;;. The Morgan fingerprint density at radius 3 is 1.00 bits per heavy atom. The highest BCUT2D eigenvalue weighted by Crippen LogP contribution is 1.14. The Bertz CT molecular complexity index is 3.25. The van der Waals surface area contributed by atoms with Crippen LogP contribution in [0.5, 0.6) is 0 Å². The molecule has 0 rings (SSSR count). The van der Waals surface area contributed by atoms with Crippen molar-refractivity contribution in [2.24, 2.45) is 0 Å². The van der Waals surface area contributed by atoms with Crippen LogP contribution in [0.4, 0.5) is 0 Å². The topological polar surface area (TPSA) is 0 Å². The zero-order valence-electron chi connectivity index (χ0n) is 3.00. The molecule has 0 spiro atoms. The minimum atomic E-state index is 0. The van der Waals surface area contributed by atoms with E-state index in [1.54, 1.807) is 0 Å². The van der Waals surface area contributed by atoms with Gasteiger partial charge in [-0.15, -0.1) is 0 Å². The molecule has 0 bridgehead atoms. The van der Waals surface area contributed by atoms with Gasteiger partial charge in [0.25, 0.3) is 0 Å². The minimum Gasteiger partial charge on any atom is -0.0683 e. The molecule has 0 aliphatic rings. The average molecular weight is 75.1 g/mol. The molecule has 0 atom stereocenters. The SMILES string of the molecule is CC.[AlH3].[CH3]. The van der Waals surface area contributed by atoms with Crippen LogP contribution in [-0.4, -0.2) is 17.4 Å². The van der Waals surface area contributed by atoms with Crippen molar-refractivity contribution in [1.82, 2.24) is 0 Å². The van der Waals surface area contributed by atoms with Crippen LogP contribution in [0.1, 0.15) is 13.8 Å². The molecule has 0 saturated carbocycles. The van der Waals surface area contributed by atoms with Crippen molar-refractivity contribution in [3.05, 3.63) is 7.43 Å². The molecule has 0 aliphatic carbocycles. The summed E-state index contributed by atoms with van der Waals surface area (Å²) in [6.45, 7) is 4.00. The van der Waals surface area contributed by atoms with Gasteiger partial charge in [-0.05, 0) is 0 Å². The lowest BCUT2D eigenvalue weighted by atomic mass is 11.0. The Morgan fingerprint density at radius 2 is 1.00 bits per heavy atom. The molecule has 0 aliphatic heterocycles. The van der Waals surface area contributed by atoms with Gasteiger partial charge in [-0.25, -0.2) is 0 Å². The monoisotopic (exact) mass is 75.1 g/mol. The molecule has 0 aromatic rings. The first-order valence-corrected chi connectivity index (χ1v) is 1.00. The van der Waals surface area contributed by atoms with Crippen molar-refractivity contribution >= 4 is 17.4 Å². The second kappa shape index (κ2) is 79.9. The average Bonchev–Trinajstić information content (AvgIpc) is 1.00. The largest absolute Gasteiger partial charge is 0.187 e. The van der Waals surface area contributed by atoms with E-state index in [-0.39, 0.29) is 24.8 Å². The van der Waals surface area contributed by atoms with Crippen molar-refractivity contribution in [2.45, 2.75) is 13.8 Å². The molecule has 0 aromatic heterocycles. The fourth-order valence-electron chi connectivity index (χ4n) is 0. The number of hydrogen-bond acceptors (Lipinski definition) is 0. The van der Waals surface area contributed by atoms with Gasteiger partial charge in [-0.3, -0.25) is 0 Å². The molecule has 1 heteroatoms. The Hall–Kier alpha value is 0.532. The quantitative estimate of drug-likeness (QED) is 0.363. The fourth-order valence-corrected chi connectivity index (χ4v) is 0. The third-order valence-corrected chi connectivity index (χ3v) is 0. The van der Waals surface area contributed by atoms with Gasteiger partial charge < -0.3 is 0 Å². The first-order valence-electron chi connectivity index (χ1n) is 1.00. The van der Waals surface area contributed by atoms with Crippen LogP contribution in [-0.2, 0) is 0 Å². The second-order valence-electron chi connectivity index (χ2n) is 0. The highest BCUT2D eigenvalue weighted by Gasteiger charge is 0.932. The molecule has 0 N–H and O–H groups in total. The zero-order valence-corrected chi connectivity index (χ0v) is 3.00. The summed E-state index contributed by atoms with van der Waals surface area (Å²) in [5, 5.41) is 0. The van der Waals surface area contributed by atoms with E-state index < -0.39 is 0 Å². The smallest absolute Gasteiger partial charge is 0.0683 e. The molecule has 0 unspecified atom stereocenters. The predicted octanol–water partition coefficient (Wildman–Crippen LogP) is 0.293. The van der Waals surface area contributed by atoms with E-state index in [1.165, 1.54) is 0 Å². The third kappa shape index (κ3) is 21.0. The van der Waals surface area contributed by atoms with E-state index in [2.05, 4.69) is 0 Å². The predicted molar refractivity (Wildman–Crippen MR) is 27.7 cm³/mol. The lowest BCUT2D eigenvalue weighted by Crippen LogP contribution is -0.856. The maximum absolute atomic E-state index is 2.00. The van der Waals surface area contributed by atoms with Crippen molar-refractivity contribution in [3.63, 3.8) is 0 Å². The van der Waals surface area contributed by atoms with E-state index in [4.69, 9.17) is 0 Å². The van der Waals surface area contributed by atoms with E-state index in [9.17, 15) is 0 Å². The fraction of sp³-hybridized carbons (Fsp3) is 0.667. The van der Waals surface area contributed by atoms with Crippen LogP contribution in [0.3, 0.4) is 0 Å². The number of hydrogen-bond donors (Lipinski definition) is 0. The van der Waals surface area contributed by atoms with Crippen LogP contribution >= 0.6 is 0 Å². The van der Waals surface area contributed by atoms with E-state index >= 15 is 0 Å². The van der Waals surface area contributed by atoms with Crippen LogP contribution < -0.4 is 0 Å². The van der Waals surface area contributed by atoms with E-state index in [0.29, 0.717) is 0 Å². The molecule has 0 nitrogen and oxygen atoms in total. The highest BCUT2D eigenvalue weighted by atomic mass is 27.0. The third-order valence-electron chi connectivity index (χ3n) is 0. The molecule has 0 heterocycles. The summed E-state index contributed by atoms with van der Waals surface area (Å²) in [6, 6.07) is 0. The summed E-state index contributed by atoms with van der Waals surface area (Å²) < 4.78 is 0. The minimum absolute atomic E-state index is 0. The summed E-state index contributed by atoms with van der Waals surface area (Å²) in [5.74, 6) is 0. The summed E-state index contributed by atoms with van der Waals surface area (Å²) >= 11 is 0. The first-order chi connectivity index (χ1) is 1.00. The molecule has 0 saturated heterocycles. The van der Waals surface area contributed by atoms with Crippen LogP contribution in [0, 0.1) is 7.43 Å². The summed E-state index contributed by atoms with van der Waals surface area (Å²) in [4.78, 5) is 0. The van der Waals surface area contributed by atoms with Crippen molar-refractivity contribution in [3.8, 4) is 0 Å². The van der Waals surface area contributed by atoms with Gasteiger partial charge >= 0.3 is 0 Å². The maximum Gasteiger partial charge on any atom is 0.187 e. The Balaban J connectivity index is -0.00000000500. The van der Waals surface area contributed by atoms with Gasteiger partial charge in [0, 0.05) is 0 Å². The molecule has 4 heavy (non-hydrogen) atoms. The summed E-state index contributed by atoms with van der Waals surface area (Å²) in [6.07, 6.45) is 0. The first kappa shape index (κ1) is 24.1. The summed E-state index contributed by atoms with van der Waals surface area (Å²) in [5.41, 5.74) is 0. The lowest BCUT2D eigenvalue weighted by Gasteiger charge is -1.07. The van der Waals surface area contributed by atoms with Gasteiger partial charge in [0.2, 0.25) is 0 Å². The highest BCUT2D eigenvalue weighted by molar-refractivity contribution is 5.75. The Morgan fingerprint density at radius 1 is 1.00 bits per heavy atom. The van der Waals surface area contributed by atoms with Crippen LogP contribution in [0.2, 0.25) is 0 Å². The van der Waals surface area contributed by atoms with Gasteiger partial charge in [-0.2, -0.15) is 0 Å². The van der Waals surface area contributed by atoms with Gasteiger partial charge in [0.05, 0.1) is 0 Å². The molecular formula is C3H12Al. The van der Waals surface area contributed by atoms with Gasteiger partial charge in [-0.1, -0.05) is 21.3 Å². The zero-order chi connectivity index (χ0) is 2.00. The molecule has 0 aromatic carbocycles. The summed E-state index contributed by atoms with van der Waals surface area (Å²) in [7, 11) is 0. The van der Waals surface area contributed by atoms with Crippen molar-refractivity contribution in [1.29, 1.82) is 0 Å². The number of rotatable bonds is 0. The molecule has 0 amide bonds. The van der Waals surface area contributed by atoms with Gasteiger partial charge in [0.15, 0.2) is 17.4 Å². The lowest BCUT2D eigenvalue weighted by molar-refractivity contribution is 1.50. The van der Waals surface area contributed by atoms with Gasteiger partial charge in [0.1, 0.15) is 0 Å². The second-order valence-corrected chi connectivity index (χ2v) is 0. The maximum atomic E-state index is 2.00. The van der Waals surface area contributed by atoms with Crippen LogP contribution in [0.25, 0.3) is 0 Å². The molecule has 0 fully saturated rings. The van der Waals surface area contributed by atoms with Crippen LogP contribution in [0.15, 0.2) is 0 Å². The van der Waals surface area contributed by atoms with Crippen molar-refractivity contribution < 1.29 is 0 Å². The van der Waals surface area contributed by atoms with E-state index in [1.807, 2.05) is 13.8 Å². The molecular weight excluding hydrogens is 63.0 g/mol. The Labute approximate surface area is 39.3 Å².